The molecule has 1 atom stereocenters. The van der Waals surface area contributed by atoms with Crippen LogP contribution in [0, 0.1) is 5.92 Å². The van der Waals surface area contributed by atoms with E-state index in [9.17, 15) is 0 Å². The highest BCUT2D eigenvalue weighted by atomic mass is 32.1. The highest BCUT2D eigenvalue weighted by molar-refractivity contribution is 7.80. The van der Waals surface area contributed by atoms with Crippen LogP contribution in [0.2, 0.25) is 0 Å². The van der Waals surface area contributed by atoms with Gasteiger partial charge in [0, 0.05) is 23.2 Å². The number of thiocarbonyl (C=S) groups is 1. The molecule has 0 saturated carbocycles. The van der Waals surface area contributed by atoms with Crippen LogP contribution in [0.4, 0.5) is 5.69 Å². The maximum absolute atomic E-state index is 5.72. The van der Waals surface area contributed by atoms with Gasteiger partial charge in [0.1, 0.15) is 5.75 Å². The zero-order valence-electron chi connectivity index (χ0n) is 14.8. The van der Waals surface area contributed by atoms with E-state index in [-0.39, 0.29) is 6.04 Å². The van der Waals surface area contributed by atoms with Crippen LogP contribution in [0.5, 0.6) is 5.75 Å². The van der Waals surface area contributed by atoms with E-state index in [4.69, 9.17) is 17.0 Å². The Morgan fingerprint density at radius 1 is 1.25 bits per heavy atom. The molecule has 0 aliphatic heterocycles. The van der Waals surface area contributed by atoms with Gasteiger partial charge in [-0.1, -0.05) is 26.0 Å². The van der Waals surface area contributed by atoms with Crippen LogP contribution < -0.4 is 10.1 Å². The van der Waals surface area contributed by atoms with Crippen LogP contribution in [0.1, 0.15) is 38.1 Å². The molecule has 5 heteroatoms. The number of methoxy groups -OCH3 is 1. The van der Waals surface area contributed by atoms with Gasteiger partial charge in [-0.25, -0.2) is 0 Å². The summed E-state index contributed by atoms with van der Waals surface area (Å²) < 4.78 is 5.29. The first kappa shape index (κ1) is 18.7. The van der Waals surface area contributed by atoms with Gasteiger partial charge in [-0.05, 0) is 55.1 Å². The van der Waals surface area contributed by atoms with Crippen LogP contribution in [0.3, 0.4) is 0 Å². The first-order valence-corrected chi connectivity index (χ1v) is 9.55. The molecule has 130 valence electrons. The molecule has 1 aromatic carbocycles. The Hall–Kier alpha value is -1.59. The predicted molar refractivity (Wildman–Crippen MR) is 108 cm³/mol. The summed E-state index contributed by atoms with van der Waals surface area (Å²) in [5, 5.41) is 6.24. The minimum absolute atomic E-state index is 0.259. The standard InChI is InChI=1S/C19H26N2OS2/c1-14(2)10-11-21(15(3)18-9-6-12-24-18)19(23)20-16-7-5-8-17(13-16)22-4/h5-9,12-15H,10-11H2,1-4H3,(H,20,23). The first-order chi connectivity index (χ1) is 11.5. The average molecular weight is 363 g/mol. The quantitative estimate of drug-likeness (QED) is 0.651. The SMILES string of the molecule is COc1cccc(NC(=S)N(CCC(C)C)C(C)c2cccs2)c1. The first-order valence-electron chi connectivity index (χ1n) is 8.26. The summed E-state index contributed by atoms with van der Waals surface area (Å²) >= 11 is 7.49. The molecule has 1 heterocycles. The third-order valence-corrected chi connectivity index (χ3v) is 5.33. The Morgan fingerprint density at radius 3 is 2.67 bits per heavy atom. The predicted octanol–water partition coefficient (Wildman–Crippen LogP) is 5.56. The molecule has 1 aromatic heterocycles. The van der Waals surface area contributed by atoms with Crippen LogP contribution in [-0.2, 0) is 0 Å². The molecule has 0 aliphatic rings. The number of hydrogen-bond donors (Lipinski definition) is 1. The van der Waals surface area contributed by atoms with E-state index in [2.05, 4.69) is 48.5 Å². The van der Waals surface area contributed by atoms with Crippen LogP contribution in [-0.4, -0.2) is 23.7 Å². The van der Waals surface area contributed by atoms with Crippen molar-refractivity contribution < 1.29 is 4.74 Å². The molecule has 0 radical (unpaired) electrons. The summed E-state index contributed by atoms with van der Waals surface area (Å²) in [5.74, 6) is 1.46. The summed E-state index contributed by atoms with van der Waals surface area (Å²) in [6.45, 7) is 7.64. The minimum Gasteiger partial charge on any atom is -0.497 e. The molecule has 0 bridgehead atoms. The van der Waals surface area contributed by atoms with E-state index < -0.39 is 0 Å². The summed E-state index contributed by atoms with van der Waals surface area (Å²) in [6, 6.07) is 12.4. The van der Waals surface area contributed by atoms with Crippen LogP contribution >= 0.6 is 23.6 Å². The molecule has 0 fully saturated rings. The van der Waals surface area contributed by atoms with Crippen molar-refractivity contribution in [1.29, 1.82) is 0 Å². The van der Waals surface area contributed by atoms with Crippen molar-refractivity contribution in [3.63, 3.8) is 0 Å². The van der Waals surface area contributed by atoms with Gasteiger partial charge in [-0.15, -0.1) is 11.3 Å². The zero-order chi connectivity index (χ0) is 17.5. The molecule has 0 aliphatic carbocycles. The molecular formula is C19H26N2OS2. The topological polar surface area (TPSA) is 24.5 Å². The molecule has 0 saturated heterocycles. The van der Waals surface area contributed by atoms with Gasteiger partial charge in [0.25, 0.3) is 0 Å². The van der Waals surface area contributed by atoms with Gasteiger partial charge < -0.3 is 15.0 Å². The van der Waals surface area contributed by atoms with Gasteiger partial charge in [-0.3, -0.25) is 0 Å². The number of thiophene rings is 1. The van der Waals surface area contributed by atoms with Crippen molar-refractivity contribution in [1.82, 2.24) is 4.90 Å². The largest absolute Gasteiger partial charge is 0.497 e. The fourth-order valence-corrected chi connectivity index (χ4v) is 3.61. The monoisotopic (exact) mass is 362 g/mol. The Balaban J connectivity index is 2.13. The number of nitrogens with zero attached hydrogens (tertiary/aromatic N) is 1. The average Bonchev–Trinajstić information content (AvgIpc) is 3.09. The molecule has 24 heavy (non-hydrogen) atoms. The molecular weight excluding hydrogens is 336 g/mol. The maximum atomic E-state index is 5.72. The van der Waals surface area contributed by atoms with Gasteiger partial charge in [-0.2, -0.15) is 0 Å². The molecule has 0 spiro atoms. The Morgan fingerprint density at radius 2 is 2.04 bits per heavy atom. The number of ether oxygens (including phenoxy) is 1. The maximum Gasteiger partial charge on any atom is 0.173 e. The molecule has 2 rings (SSSR count). The summed E-state index contributed by atoms with van der Waals surface area (Å²) in [5.41, 5.74) is 0.951. The summed E-state index contributed by atoms with van der Waals surface area (Å²) in [4.78, 5) is 3.61. The minimum atomic E-state index is 0.259. The van der Waals surface area contributed by atoms with Crippen molar-refractivity contribution in [2.45, 2.75) is 33.2 Å². The second-order valence-electron chi connectivity index (χ2n) is 6.23. The zero-order valence-corrected chi connectivity index (χ0v) is 16.4. The van der Waals surface area contributed by atoms with Crippen LogP contribution in [0.25, 0.3) is 0 Å². The Kier molecular flexibility index (Phi) is 7.06. The molecule has 1 N–H and O–H groups in total. The third kappa shape index (κ3) is 5.21. The lowest BCUT2D eigenvalue weighted by Crippen LogP contribution is -2.37. The lowest BCUT2D eigenvalue weighted by Gasteiger charge is -2.32. The number of hydrogen-bond acceptors (Lipinski definition) is 3. The Labute approximate surface area is 154 Å². The highest BCUT2D eigenvalue weighted by Crippen LogP contribution is 2.26. The van der Waals surface area contributed by atoms with E-state index in [1.54, 1.807) is 18.4 Å². The van der Waals surface area contributed by atoms with Gasteiger partial charge in [0.05, 0.1) is 13.2 Å². The van der Waals surface area contributed by atoms with E-state index >= 15 is 0 Å². The number of nitrogens with one attached hydrogen (secondary N) is 1. The third-order valence-electron chi connectivity index (χ3n) is 3.95. The molecule has 0 amide bonds. The Bertz CT molecular complexity index is 641. The van der Waals surface area contributed by atoms with E-state index in [1.807, 2.05) is 24.3 Å². The van der Waals surface area contributed by atoms with Gasteiger partial charge in [0.15, 0.2) is 5.11 Å². The number of benzene rings is 1. The van der Waals surface area contributed by atoms with E-state index in [0.717, 1.165) is 29.5 Å². The fourth-order valence-electron chi connectivity index (χ4n) is 2.45. The van der Waals surface area contributed by atoms with E-state index in [1.165, 1.54) is 4.88 Å². The van der Waals surface area contributed by atoms with Gasteiger partial charge >= 0.3 is 0 Å². The number of rotatable bonds is 7. The number of anilines is 1. The fraction of sp³-hybridized carbons (Fsp3) is 0.421. The van der Waals surface area contributed by atoms with Crippen molar-refractivity contribution in [3.05, 3.63) is 46.7 Å². The second kappa shape index (κ2) is 9.04. The van der Waals surface area contributed by atoms with Crippen molar-refractivity contribution in [3.8, 4) is 5.75 Å². The lowest BCUT2D eigenvalue weighted by molar-refractivity contribution is 0.321. The van der Waals surface area contributed by atoms with Crippen molar-refractivity contribution in [2.24, 2.45) is 5.92 Å². The normalized spacial score (nSPS) is 12.0. The summed E-state index contributed by atoms with van der Waals surface area (Å²) in [7, 11) is 1.67. The van der Waals surface area contributed by atoms with Gasteiger partial charge in [0.2, 0.25) is 0 Å². The highest BCUT2D eigenvalue weighted by Gasteiger charge is 2.20. The molecule has 3 nitrogen and oxygen atoms in total. The van der Waals surface area contributed by atoms with Crippen molar-refractivity contribution in [2.75, 3.05) is 19.0 Å². The molecule has 2 aromatic rings. The molecule has 1 unspecified atom stereocenters. The van der Waals surface area contributed by atoms with Crippen molar-refractivity contribution >= 4 is 34.4 Å². The van der Waals surface area contributed by atoms with Crippen LogP contribution in [0.15, 0.2) is 41.8 Å². The lowest BCUT2D eigenvalue weighted by atomic mass is 10.1. The smallest absolute Gasteiger partial charge is 0.173 e. The second-order valence-corrected chi connectivity index (χ2v) is 7.60. The van der Waals surface area contributed by atoms with E-state index in [0.29, 0.717) is 5.92 Å². The summed E-state index contributed by atoms with van der Waals surface area (Å²) in [6.07, 6.45) is 1.11.